The molecule has 12 heteroatoms. The fourth-order valence-corrected chi connectivity index (χ4v) is 4.39. The molecule has 2 N–H and O–H groups in total. The number of fused-ring (bicyclic) bond motifs is 2. The SMILES string of the molecule is COc1ccc(CN2C(=O)c3ccc(C(F)(F)F)cc3N(CCCN(C(=O)O)C(=O)O)c3ccccc32)cc1. The number of methoxy groups -OCH3 is 1. The average molecular weight is 543 g/mol. The van der Waals surface area contributed by atoms with Gasteiger partial charge in [0.25, 0.3) is 5.91 Å². The minimum absolute atomic E-state index is 0.0148. The van der Waals surface area contributed by atoms with Gasteiger partial charge < -0.3 is 24.7 Å². The number of alkyl halides is 3. The molecule has 0 atom stereocenters. The molecule has 0 bridgehead atoms. The van der Waals surface area contributed by atoms with E-state index in [1.807, 2.05) is 0 Å². The summed E-state index contributed by atoms with van der Waals surface area (Å²) in [6, 6.07) is 16.5. The highest BCUT2D eigenvalue weighted by molar-refractivity contribution is 6.14. The molecule has 1 aliphatic heterocycles. The van der Waals surface area contributed by atoms with Gasteiger partial charge in [0.2, 0.25) is 0 Å². The summed E-state index contributed by atoms with van der Waals surface area (Å²) in [5.41, 5.74) is 0.626. The molecule has 0 spiro atoms. The smallest absolute Gasteiger partial charge is 0.416 e. The first-order valence-corrected chi connectivity index (χ1v) is 11.8. The summed E-state index contributed by atoms with van der Waals surface area (Å²) >= 11 is 0. The quantitative estimate of drug-likeness (QED) is 0.373. The summed E-state index contributed by atoms with van der Waals surface area (Å²) in [7, 11) is 1.52. The fraction of sp³-hybridized carbons (Fsp3) is 0.222. The van der Waals surface area contributed by atoms with E-state index in [1.165, 1.54) is 16.9 Å². The zero-order valence-corrected chi connectivity index (χ0v) is 20.7. The van der Waals surface area contributed by atoms with Crippen LogP contribution >= 0.6 is 0 Å². The second-order valence-electron chi connectivity index (χ2n) is 8.68. The van der Waals surface area contributed by atoms with Crippen molar-refractivity contribution in [2.24, 2.45) is 0 Å². The Labute approximate surface area is 221 Å². The van der Waals surface area contributed by atoms with Crippen molar-refractivity contribution in [3.8, 4) is 5.75 Å². The van der Waals surface area contributed by atoms with E-state index in [2.05, 4.69) is 0 Å². The van der Waals surface area contributed by atoms with Gasteiger partial charge in [-0.3, -0.25) is 4.79 Å². The number of carbonyl (C=O) groups is 3. The lowest BCUT2D eigenvalue weighted by molar-refractivity contribution is -0.137. The molecule has 3 aromatic rings. The standard InChI is InChI=1S/C27H24F3N3O6/c1-39-19-10-7-17(8-11-19)16-33-22-6-3-2-5-21(22)31(13-4-14-32(25(35)36)26(37)38)23-15-18(27(28,29)30)9-12-20(23)24(33)34/h2-3,5-12,15H,4,13-14,16H2,1H3,(H,35,36)(H,37,38). The first-order chi connectivity index (χ1) is 18.5. The monoisotopic (exact) mass is 543 g/mol. The van der Waals surface area contributed by atoms with Crippen LogP contribution in [0.4, 0.5) is 39.8 Å². The van der Waals surface area contributed by atoms with Gasteiger partial charge >= 0.3 is 18.4 Å². The van der Waals surface area contributed by atoms with E-state index in [-0.39, 0.29) is 35.7 Å². The number of carboxylic acid groups (broad SMARTS) is 2. The van der Waals surface area contributed by atoms with Crippen LogP contribution in [0.2, 0.25) is 0 Å². The third-order valence-corrected chi connectivity index (χ3v) is 6.28. The molecule has 9 nitrogen and oxygen atoms in total. The average Bonchev–Trinajstić information content (AvgIpc) is 2.99. The summed E-state index contributed by atoms with van der Waals surface area (Å²) in [6.07, 6.45) is -8.06. The molecule has 3 aromatic carbocycles. The van der Waals surface area contributed by atoms with Crippen molar-refractivity contribution in [3.63, 3.8) is 0 Å². The maximum atomic E-state index is 13.8. The maximum absolute atomic E-state index is 13.8. The molecule has 0 unspecified atom stereocenters. The highest BCUT2D eigenvalue weighted by atomic mass is 19.4. The number of rotatable bonds is 7. The summed E-state index contributed by atoms with van der Waals surface area (Å²) in [6.45, 7) is -0.368. The van der Waals surface area contributed by atoms with Crippen LogP contribution in [0.1, 0.15) is 27.9 Å². The number of anilines is 3. The molecule has 0 aromatic heterocycles. The molecule has 0 saturated heterocycles. The van der Waals surface area contributed by atoms with Crippen LogP contribution in [0, 0.1) is 0 Å². The van der Waals surface area contributed by atoms with Crippen LogP contribution in [-0.2, 0) is 12.7 Å². The maximum Gasteiger partial charge on any atom is 0.416 e. The van der Waals surface area contributed by atoms with Gasteiger partial charge in [0.05, 0.1) is 41.8 Å². The van der Waals surface area contributed by atoms with E-state index in [4.69, 9.17) is 14.9 Å². The Bertz CT molecular complexity index is 1380. The first kappa shape index (κ1) is 27.3. The number of para-hydroxylation sites is 2. The Hall–Kier alpha value is -4.74. The lowest BCUT2D eigenvalue weighted by Crippen LogP contribution is -2.36. The van der Waals surface area contributed by atoms with Crippen molar-refractivity contribution in [1.82, 2.24) is 4.90 Å². The van der Waals surface area contributed by atoms with Gasteiger partial charge in [0.15, 0.2) is 0 Å². The highest BCUT2D eigenvalue weighted by Gasteiger charge is 2.36. The van der Waals surface area contributed by atoms with Crippen LogP contribution in [0.5, 0.6) is 5.75 Å². The molecule has 1 aliphatic rings. The van der Waals surface area contributed by atoms with Crippen molar-refractivity contribution in [2.45, 2.75) is 19.1 Å². The molecular weight excluding hydrogens is 519 g/mol. The van der Waals surface area contributed by atoms with Crippen LogP contribution < -0.4 is 14.5 Å². The van der Waals surface area contributed by atoms with Crippen LogP contribution in [-0.4, -0.2) is 53.4 Å². The molecule has 1 heterocycles. The zero-order chi connectivity index (χ0) is 28.3. The topological polar surface area (TPSA) is 111 Å². The van der Waals surface area contributed by atoms with E-state index in [0.717, 1.165) is 23.8 Å². The minimum Gasteiger partial charge on any atom is -0.497 e. The summed E-state index contributed by atoms with van der Waals surface area (Å²) in [4.78, 5) is 39.5. The molecule has 4 rings (SSSR count). The number of hydrogen-bond acceptors (Lipinski definition) is 5. The van der Waals surface area contributed by atoms with Crippen molar-refractivity contribution < 1.29 is 42.5 Å². The molecule has 204 valence electrons. The van der Waals surface area contributed by atoms with Crippen molar-refractivity contribution in [3.05, 3.63) is 83.4 Å². The van der Waals surface area contributed by atoms with Gasteiger partial charge in [0.1, 0.15) is 5.75 Å². The van der Waals surface area contributed by atoms with E-state index in [9.17, 15) is 27.6 Å². The fourth-order valence-electron chi connectivity index (χ4n) is 4.39. The molecular formula is C27H24F3N3O6. The van der Waals surface area contributed by atoms with Crippen LogP contribution in [0.3, 0.4) is 0 Å². The van der Waals surface area contributed by atoms with Crippen LogP contribution in [0.25, 0.3) is 0 Å². The van der Waals surface area contributed by atoms with E-state index < -0.39 is 36.4 Å². The largest absolute Gasteiger partial charge is 0.497 e. The van der Waals surface area contributed by atoms with Gasteiger partial charge in [0, 0.05) is 13.1 Å². The molecule has 0 fully saturated rings. The predicted molar refractivity (Wildman–Crippen MR) is 136 cm³/mol. The number of imide groups is 1. The summed E-state index contributed by atoms with van der Waals surface area (Å²) < 4.78 is 46.2. The third-order valence-electron chi connectivity index (χ3n) is 6.28. The number of halogens is 3. The number of hydrogen-bond donors (Lipinski definition) is 2. The summed E-state index contributed by atoms with van der Waals surface area (Å²) in [5.74, 6) is 0.0940. The molecule has 0 aliphatic carbocycles. The lowest BCUT2D eigenvalue weighted by atomic mass is 10.1. The third kappa shape index (κ3) is 5.74. The van der Waals surface area contributed by atoms with Gasteiger partial charge in [-0.05, 0) is 54.4 Å². The van der Waals surface area contributed by atoms with Gasteiger partial charge in [-0.15, -0.1) is 0 Å². The number of carbonyl (C=O) groups excluding carboxylic acids is 1. The van der Waals surface area contributed by atoms with Gasteiger partial charge in [-0.1, -0.05) is 24.3 Å². The lowest BCUT2D eigenvalue weighted by Gasteiger charge is -2.28. The number of nitrogens with zero attached hydrogens (tertiary/aromatic N) is 3. The molecule has 39 heavy (non-hydrogen) atoms. The molecule has 0 saturated carbocycles. The normalized spacial score (nSPS) is 12.9. The Morgan fingerprint density at radius 1 is 0.897 bits per heavy atom. The number of amides is 3. The van der Waals surface area contributed by atoms with Crippen molar-refractivity contribution in [1.29, 1.82) is 0 Å². The molecule has 0 radical (unpaired) electrons. The Balaban J connectivity index is 1.80. The van der Waals surface area contributed by atoms with E-state index in [0.29, 0.717) is 17.1 Å². The first-order valence-electron chi connectivity index (χ1n) is 11.8. The van der Waals surface area contributed by atoms with E-state index in [1.54, 1.807) is 48.5 Å². The van der Waals surface area contributed by atoms with Crippen molar-refractivity contribution in [2.75, 3.05) is 30.0 Å². The van der Waals surface area contributed by atoms with E-state index >= 15 is 0 Å². The highest BCUT2D eigenvalue weighted by Crippen LogP contribution is 2.43. The Morgan fingerprint density at radius 3 is 2.08 bits per heavy atom. The van der Waals surface area contributed by atoms with Gasteiger partial charge in [-0.25, -0.2) is 14.5 Å². The van der Waals surface area contributed by atoms with Gasteiger partial charge in [-0.2, -0.15) is 13.2 Å². The Morgan fingerprint density at radius 2 is 1.51 bits per heavy atom. The molecule has 3 amide bonds. The predicted octanol–water partition coefficient (Wildman–Crippen LogP) is 6.06. The second kappa shape index (κ2) is 10.9. The van der Waals surface area contributed by atoms with Crippen molar-refractivity contribution >= 4 is 35.2 Å². The number of benzene rings is 3. The second-order valence-corrected chi connectivity index (χ2v) is 8.68. The number of ether oxygens (including phenoxy) is 1. The Kier molecular flexibility index (Phi) is 7.65. The van der Waals surface area contributed by atoms with Crippen LogP contribution in [0.15, 0.2) is 66.7 Å². The minimum atomic E-state index is -4.68. The zero-order valence-electron chi connectivity index (χ0n) is 20.7. The summed E-state index contributed by atoms with van der Waals surface area (Å²) in [5, 5.41) is 18.3.